The molecule has 4 heteroatoms. The van der Waals surface area contributed by atoms with E-state index in [2.05, 4.69) is 27.7 Å². The van der Waals surface area contributed by atoms with Gasteiger partial charge in [-0.1, -0.05) is 100 Å². The van der Waals surface area contributed by atoms with Gasteiger partial charge in [0.15, 0.2) is 0 Å². The second kappa shape index (κ2) is 9.70. The first-order valence-corrected chi connectivity index (χ1v) is 12.8. The van der Waals surface area contributed by atoms with Gasteiger partial charge in [0, 0.05) is 11.3 Å². The van der Waals surface area contributed by atoms with Gasteiger partial charge in [-0.15, -0.1) is 0 Å². The fraction of sp³-hybridized carbons (Fsp3) is 0.212. The summed E-state index contributed by atoms with van der Waals surface area (Å²) in [6.07, 6.45) is 0. The highest BCUT2D eigenvalue weighted by Crippen LogP contribution is 2.43. The Hall–Kier alpha value is -4.18. The van der Waals surface area contributed by atoms with Crippen molar-refractivity contribution in [3.05, 3.63) is 119 Å². The molecule has 4 aromatic carbocycles. The SMILES string of the molecule is CC(C)c1ccc(C2/C(=C(/O)c3ccc4ccccc4c3)C(=O)C(=O)N2c2ccc(C(C)C)cc2)cc1. The maximum absolute atomic E-state index is 13.5. The highest BCUT2D eigenvalue weighted by Gasteiger charge is 2.47. The first-order valence-electron chi connectivity index (χ1n) is 12.8. The highest BCUT2D eigenvalue weighted by molar-refractivity contribution is 6.51. The molecule has 1 aliphatic heterocycles. The van der Waals surface area contributed by atoms with Crippen LogP contribution in [0.5, 0.6) is 0 Å². The Labute approximate surface area is 217 Å². The molecule has 0 bridgehead atoms. The Balaban J connectivity index is 1.69. The van der Waals surface area contributed by atoms with E-state index in [1.807, 2.05) is 84.9 Å². The lowest BCUT2D eigenvalue weighted by molar-refractivity contribution is -0.132. The highest BCUT2D eigenvalue weighted by atomic mass is 16.3. The minimum Gasteiger partial charge on any atom is -0.507 e. The number of amides is 1. The van der Waals surface area contributed by atoms with Crippen LogP contribution in [-0.2, 0) is 9.59 Å². The summed E-state index contributed by atoms with van der Waals surface area (Å²) in [6, 6.07) is 28.4. The number of rotatable bonds is 5. The topological polar surface area (TPSA) is 57.6 Å². The molecule has 1 N–H and O–H groups in total. The summed E-state index contributed by atoms with van der Waals surface area (Å²) in [5.41, 5.74) is 4.33. The normalized spacial score (nSPS) is 17.4. The largest absolute Gasteiger partial charge is 0.507 e. The van der Waals surface area contributed by atoms with Crippen LogP contribution in [0.1, 0.15) is 67.8 Å². The van der Waals surface area contributed by atoms with Crippen LogP contribution in [0.4, 0.5) is 5.69 Å². The molecule has 1 aliphatic rings. The monoisotopic (exact) mass is 489 g/mol. The van der Waals surface area contributed by atoms with Gasteiger partial charge in [0.25, 0.3) is 11.7 Å². The maximum atomic E-state index is 13.5. The summed E-state index contributed by atoms with van der Waals surface area (Å²) in [6.45, 7) is 8.47. The van der Waals surface area contributed by atoms with Gasteiger partial charge in [0.2, 0.25) is 0 Å². The Morgan fingerprint density at radius 2 is 1.30 bits per heavy atom. The van der Waals surface area contributed by atoms with Crippen molar-refractivity contribution in [2.45, 2.75) is 45.6 Å². The van der Waals surface area contributed by atoms with E-state index in [4.69, 9.17) is 0 Å². The summed E-state index contributed by atoms with van der Waals surface area (Å²) in [7, 11) is 0. The van der Waals surface area contributed by atoms with Gasteiger partial charge in [-0.25, -0.2) is 0 Å². The maximum Gasteiger partial charge on any atom is 0.300 e. The minimum atomic E-state index is -0.738. The Kier molecular flexibility index (Phi) is 6.43. The van der Waals surface area contributed by atoms with E-state index in [-0.39, 0.29) is 11.3 Å². The van der Waals surface area contributed by atoms with Crippen molar-refractivity contribution < 1.29 is 14.7 Å². The predicted octanol–water partition coefficient (Wildman–Crippen LogP) is 7.71. The van der Waals surface area contributed by atoms with Gasteiger partial charge in [-0.3, -0.25) is 14.5 Å². The van der Waals surface area contributed by atoms with E-state index < -0.39 is 17.7 Å². The molecule has 37 heavy (non-hydrogen) atoms. The number of hydrogen-bond donors (Lipinski definition) is 1. The first kappa shape index (κ1) is 24.5. The molecule has 5 rings (SSSR count). The second-order valence-corrected chi connectivity index (χ2v) is 10.3. The van der Waals surface area contributed by atoms with Crippen LogP contribution in [0.25, 0.3) is 16.5 Å². The first-order chi connectivity index (χ1) is 17.8. The molecule has 4 nitrogen and oxygen atoms in total. The summed E-state index contributed by atoms with van der Waals surface area (Å²) in [4.78, 5) is 28.5. The van der Waals surface area contributed by atoms with Crippen LogP contribution in [0, 0.1) is 0 Å². The molecule has 0 aliphatic carbocycles. The van der Waals surface area contributed by atoms with E-state index in [1.165, 1.54) is 4.90 Å². The lowest BCUT2D eigenvalue weighted by Crippen LogP contribution is -2.29. The van der Waals surface area contributed by atoms with Crippen LogP contribution in [-0.4, -0.2) is 16.8 Å². The van der Waals surface area contributed by atoms with Crippen molar-refractivity contribution in [2.24, 2.45) is 0 Å². The minimum absolute atomic E-state index is 0.102. The second-order valence-electron chi connectivity index (χ2n) is 10.3. The lowest BCUT2D eigenvalue weighted by atomic mass is 9.92. The number of aliphatic hydroxyl groups is 1. The molecule has 1 unspecified atom stereocenters. The molecule has 1 saturated heterocycles. The van der Waals surface area contributed by atoms with E-state index in [9.17, 15) is 14.7 Å². The third-order valence-corrected chi connectivity index (χ3v) is 7.22. The zero-order valence-electron chi connectivity index (χ0n) is 21.6. The molecule has 1 atom stereocenters. The number of hydrogen-bond acceptors (Lipinski definition) is 3. The standard InChI is InChI=1S/C33H31NO3/c1-20(2)22-9-12-25(13-10-22)30-29(31(35)27-14-11-24-7-5-6-8-26(24)19-27)32(36)33(37)34(30)28-17-15-23(16-18-28)21(3)4/h5-21,30,35H,1-4H3/b31-29-. The fourth-order valence-electron chi connectivity index (χ4n) is 4.99. The van der Waals surface area contributed by atoms with E-state index in [0.29, 0.717) is 23.1 Å². The van der Waals surface area contributed by atoms with Crippen molar-refractivity contribution in [1.29, 1.82) is 0 Å². The van der Waals surface area contributed by atoms with Crippen molar-refractivity contribution in [3.63, 3.8) is 0 Å². The molecular formula is C33H31NO3. The third-order valence-electron chi connectivity index (χ3n) is 7.22. The van der Waals surface area contributed by atoms with Gasteiger partial charge >= 0.3 is 0 Å². The number of carbonyl (C=O) groups excluding carboxylic acids is 2. The van der Waals surface area contributed by atoms with Crippen molar-refractivity contribution in [2.75, 3.05) is 4.90 Å². The number of anilines is 1. The Morgan fingerprint density at radius 1 is 0.730 bits per heavy atom. The average Bonchev–Trinajstić information content (AvgIpc) is 3.18. The predicted molar refractivity (Wildman–Crippen MR) is 150 cm³/mol. The molecule has 0 radical (unpaired) electrons. The summed E-state index contributed by atoms with van der Waals surface area (Å²) >= 11 is 0. The quantitative estimate of drug-likeness (QED) is 0.177. The summed E-state index contributed by atoms with van der Waals surface area (Å²) in [5, 5.41) is 13.5. The van der Waals surface area contributed by atoms with E-state index in [1.54, 1.807) is 6.07 Å². The van der Waals surface area contributed by atoms with E-state index in [0.717, 1.165) is 27.5 Å². The van der Waals surface area contributed by atoms with Gasteiger partial charge < -0.3 is 5.11 Å². The number of fused-ring (bicyclic) bond motifs is 1. The Morgan fingerprint density at radius 3 is 1.89 bits per heavy atom. The van der Waals surface area contributed by atoms with Gasteiger partial charge in [-0.05, 0) is 57.5 Å². The fourth-order valence-corrected chi connectivity index (χ4v) is 4.99. The van der Waals surface area contributed by atoms with Crippen LogP contribution in [0.15, 0.2) is 96.6 Å². The summed E-state index contributed by atoms with van der Waals surface area (Å²) < 4.78 is 0. The number of carbonyl (C=O) groups is 2. The van der Waals surface area contributed by atoms with Crippen LogP contribution in [0.3, 0.4) is 0 Å². The average molecular weight is 490 g/mol. The molecule has 4 aromatic rings. The van der Waals surface area contributed by atoms with Gasteiger partial charge in [0.05, 0.1) is 11.6 Å². The lowest BCUT2D eigenvalue weighted by Gasteiger charge is -2.26. The number of Topliss-reactive ketones (excluding diaryl/α,β-unsaturated/α-hetero) is 1. The molecule has 1 amide bonds. The molecule has 0 saturated carbocycles. The van der Waals surface area contributed by atoms with E-state index >= 15 is 0 Å². The zero-order chi connectivity index (χ0) is 26.3. The smallest absolute Gasteiger partial charge is 0.300 e. The molecule has 1 fully saturated rings. The van der Waals surface area contributed by atoms with Gasteiger partial charge in [-0.2, -0.15) is 0 Å². The number of benzene rings is 4. The molecule has 0 spiro atoms. The summed E-state index contributed by atoms with van der Waals surface area (Å²) in [5.74, 6) is -0.796. The Bertz CT molecular complexity index is 1510. The van der Waals surface area contributed by atoms with Crippen molar-refractivity contribution >= 4 is 33.9 Å². The van der Waals surface area contributed by atoms with Crippen LogP contribution < -0.4 is 4.90 Å². The zero-order valence-corrected chi connectivity index (χ0v) is 21.6. The number of nitrogens with zero attached hydrogens (tertiary/aromatic N) is 1. The van der Waals surface area contributed by atoms with Crippen molar-refractivity contribution in [3.8, 4) is 0 Å². The number of aliphatic hydroxyl groups excluding tert-OH is 1. The molecule has 1 heterocycles. The molecule has 186 valence electrons. The molecular weight excluding hydrogens is 458 g/mol. The van der Waals surface area contributed by atoms with Crippen molar-refractivity contribution in [1.82, 2.24) is 0 Å². The van der Waals surface area contributed by atoms with Crippen LogP contribution >= 0.6 is 0 Å². The van der Waals surface area contributed by atoms with Crippen LogP contribution in [0.2, 0.25) is 0 Å². The molecule has 0 aromatic heterocycles. The third kappa shape index (κ3) is 4.44. The van der Waals surface area contributed by atoms with Gasteiger partial charge in [0.1, 0.15) is 5.76 Å². The number of ketones is 1.